The van der Waals surface area contributed by atoms with Crippen LogP contribution in [-0.2, 0) is 17.8 Å². The predicted octanol–water partition coefficient (Wildman–Crippen LogP) is 4.79. The Morgan fingerprint density at radius 2 is 1.65 bits per heavy atom. The molecule has 0 radical (unpaired) electrons. The first-order valence-corrected chi connectivity index (χ1v) is 12.6. The summed E-state index contributed by atoms with van der Waals surface area (Å²) in [5.74, 6) is -1.68. The van der Waals surface area contributed by atoms with E-state index in [1.807, 2.05) is 28.8 Å². The third kappa shape index (κ3) is 5.80. The zero-order valence-electron chi connectivity index (χ0n) is 21.2. The lowest BCUT2D eigenvalue weighted by Gasteiger charge is -2.10. The van der Waals surface area contributed by atoms with Crippen molar-refractivity contribution >= 4 is 33.8 Å². The molecule has 0 bridgehead atoms. The zero-order chi connectivity index (χ0) is 28.3. The van der Waals surface area contributed by atoms with E-state index in [1.165, 1.54) is 18.4 Å². The topological polar surface area (TPSA) is 115 Å². The van der Waals surface area contributed by atoms with E-state index in [2.05, 4.69) is 43.0 Å². The van der Waals surface area contributed by atoms with Crippen molar-refractivity contribution in [1.29, 1.82) is 0 Å². The number of hydrogen-bond acceptors (Lipinski definition) is 5. The lowest BCUT2D eigenvalue weighted by molar-refractivity contribution is -0.192. The fourth-order valence-electron chi connectivity index (χ4n) is 4.50. The number of aliphatic carboxylic acids is 1. The molecule has 4 aromatic heterocycles. The standard InChI is InChI=1S/C26H24N6O.C2HF3O2/c33-25(28-15-10-18-8-13-27-14-9-18)23-16-22-24(32(23)26-29-11-3-12-30-26)20-4-1-2-5-21(20)31(22)17-19-6-7-19;3-2(4,5)1(6)7/h1-5,8-9,11-14,16,19H,6-7,10,15,17H2,(H,28,33);(H,6,7). The Hall–Kier alpha value is -4.74. The van der Waals surface area contributed by atoms with Crippen LogP contribution in [-0.4, -0.2) is 53.8 Å². The fraction of sp³-hybridized carbons (Fsp3) is 0.250. The van der Waals surface area contributed by atoms with Gasteiger partial charge in [-0.25, -0.2) is 14.8 Å². The first kappa shape index (κ1) is 26.9. The molecule has 2 N–H and O–H groups in total. The normalized spacial score (nSPS) is 13.2. The number of alkyl halides is 3. The van der Waals surface area contributed by atoms with Gasteiger partial charge in [0.15, 0.2) is 0 Å². The summed E-state index contributed by atoms with van der Waals surface area (Å²) in [5, 5.41) is 11.3. The van der Waals surface area contributed by atoms with Gasteiger partial charge in [0.1, 0.15) is 5.69 Å². The van der Waals surface area contributed by atoms with Crippen molar-refractivity contribution < 1.29 is 27.9 Å². The van der Waals surface area contributed by atoms with E-state index in [9.17, 15) is 18.0 Å². The minimum absolute atomic E-state index is 0.130. The van der Waals surface area contributed by atoms with Gasteiger partial charge in [0.25, 0.3) is 5.91 Å². The molecule has 0 atom stereocenters. The van der Waals surface area contributed by atoms with E-state index in [0.29, 0.717) is 24.1 Å². The Kier molecular flexibility index (Phi) is 7.50. The number of nitrogens with zero attached hydrogens (tertiary/aromatic N) is 5. The van der Waals surface area contributed by atoms with Crippen LogP contribution in [0.2, 0.25) is 0 Å². The van der Waals surface area contributed by atoms with Crippen molar-refractivity contribution in [2.75, 3.05) is 6.54 Å². The van der Waals surface area contributed by atoms with Gasteiger partial charge in [-0.1, -0.05) is 18.2 Å². The van der Waals surface area contributed by atoms with Crippen LogP contribution in [0, 0.1) is 5.92 Å². The number of carboxylic acid groups (broad SMARTS) is 1. The van der Waals surface area contributed by atoms with Gasteiger partial charge in [0, 0.05) is 43.3 Å². The monoisotopic (exact) mass is 550 g/mol. The van der Waals surface area contributed by atoms with Gasteiger partial charge in [0.2, 0.25) is 5.95 Å². The molecule has 0 unspecified atom stereocenters. The number of pyridine rings is 1. The molecule has 1 amide bonds. The summed E-state index contributed by atoms with van der Waals surface area (Å²) < 4.78 is 36.0. The summed E-state index contributed by atoms with van der Waals surface area (Å²) in [6.45, 7) is 1.50. The number of benzene rings is 1. The Balaban J connectivity index is 0.000000411. The third-order valence-corrected chi connectivity index (χ3v) is 6.53. The average Bonchev–Trinajstić information content (AvgIpc) is 3.61. The van der Waals surface area contributed by atoms with Gasteiger partial charge < -0.3 is 15.0 Å². The van der Waals surface area contributed by atoms with Crippen molar-refractivity contribution in [1.82, 2.24) is 29.4 Å². The van der Waals surface area contributed by atoms with Crippen molar-refractivity contribution in [3.63, 3.8) is 0 Å². The Labute approximate surface area is 226 Å². The van der Waals surface area contributed by atoms with Crippen LogP contribution >= 0.6 is 0 Å². The molecule has 0 aliphatic heterocycles. The van der Waals surface area contributed by atoms with Crippen LogP contribution in [0.3, 0.4) is 0 Å². The Bertz CT molecular complexity index is 1640. The molecule has 206 valence electrons. The Morgan fingerprint density at radius 1 is 0.975 bits per heavy atom. The molecule has 1 saturated carbocycles. The van der Waals surface area contributed by atoms with E-state index in [1.54, 1.807) is 30.9 Å². The summed E-state index contributed by atoms with van der Waals surface area (Å²) >= 11 is 0. The van der Waals surface area contributed by atoms with Gasteiger partial charge >= 0.3 is 12.1 Å². The average molecular weight is 551 g/mol. The number of fused-ring (bicyclic) bond motifs is 3. The number of carboxylic acids is 1. The molecule has 5 aromatic rings. The maximum Gasteiger partial charge on any atom is 0.490 e. The van der Waals surface area contributed by atoms with Crippen LogP contribution in [0.15, 0.2) is 73.3 Å². The minimum atomic E-state index is -5.08. The Morgan fingerprint density at radius 3 is 2.30 bits per heavy atom. The van der Waals surface area contributed by atoms with E-state index in [0.717, 1.165) is 34.9 Å². The van der Waals surface area contributed by atoms with Crippen LogP contribution in [0.1, 0.15) is 28.9 Å². The smallest absolute Gasteiger partial charge is 0.475 e. The van der Waals surface area contributed by atoms with E-state index in [-0.39, 0.29) is 5.91 Å². The number of carbonyl (C=O) groups is 2. The molecule has 1 aromatic carbocycles. The molecule has 9 nitrogen and oxygen atoms in total. The lowest BCUT2D eigenvalue weighted by atomic mass is 10.2. The number of rotatable bonds is 7. The van der Waals surface area contributed by atoms with Gasteiger partial charge in [-0.2, -0.15) is 13.2 Å². The van der Waals surface area contributed by atoms with Crippen LogP contribution in [0.25, 0.3) is 27.9 Å². The molecular weight excluding hydrogens is 525 g/mol. The summed E-state index contributed by atoms with van der Waals surface area (Å²) in [6, 6.07) is 16.1. The second kappa shape index (κ2) is 11.2. The highest BCUT2D eigenvalue weighted by Gasteiger charge is 2.38. The second-order valence-corrected chi connectivity index (χ2v) is 9.38. The van der Waals surface area contributed by atoms with E-state index >= 15 is 0 Å². The van der Waals surface area contributed by atoms with Gasteiger partial charge in [0.05, 0.1) is 16.6 Å². The quantitative estimate of drug-likeness (QED) is 0.301. The maximum atomic E-state index is 13.4. The molecule has 1 aliphatic carbocycles. The predicted molar refractivity (Wildman–Crippen MR) is 141 cm³/mol. The number of carbonyl (C=O) groups excluding carboxylic acids is 1. The highest BCUT2D eigenvalue weighted by molar-refractivity contribution is 6.11. The molecule has 12 heteroatoms. The molecule has 1 fully saturated rings. The molecule has 0 saturated heterocycles. The molecule has 40 heavy (non-hydrogen) atoms. The first-order valence-electron chi connectivity index (χ1n) is 12.6. The highest BCUT2D eigenvalue weighted by atomic mass is 19.4. The molecule has 1 aliphatic rings. The molecule has 0 spiro atoms. The number of nitrogens with one attached hydrogen (secondary N) is 1. The SMILES string of the molecule is O=C(NCCc1ccncc1)c1cc2c(c3ccccc3n2CC2CC2)n1-c1ncccn1.O=C(O)C(F)(F)F. The maximum absolute atomic E-state index is 13.4. The second-order valence-electron chi connectivity index (χ2n) is 9.38. The number of halogens is 3. The van der Waals surface area contributed by atoms with Crippen LogP contribution < -0.4 is 5.32 Å². The van der Waals surface area contributed by atoms with Crippen molar-refractivity contribution in [2.45, 2.75) is 32.0 Å². The van der Waals surface area contributed by atoms with Gasteiger partial charge in [-0.15, -0.1) is 0 Å². The number of amides is 1. The summed E-state index contributed by atoms with van der Waals surface area (Å²) in [6.07, 6.45) is 5.15. The molecule has 6 rings (SSSR count). The number of hydrogen-bond donors (Lipinski definition) is 2. The van der Waals surface area contributed by atoms with Crippen molar-refractivity contribution in [3.05, 3.63) is 84.6 Å². The highest BCUT2D eigenvalue weighted by Crippen LogP contribution is 2.37. The summed E-state index contributed by atoms with van der Waals surface area (Å²) in [5.41, 5.74) is 4.91. The fourth-order valence-corrected chi connectivity index (χ4v) is 4.50. The van der Waals surface area contributed by atoms with Crippen LogP contribution in [0.4, 0.5) is 13.2 Å². The summed E-state index contributed by atoms with van der Waals surface area (Å²) in [7, 11) is 0. The minimum Gasteiger partial charge on any atom is -0.475 e. The number of aromatic nitrogens is 5. The van der Waals surface area contributed by atoms with Gasteiger partial charge in [-0.3, -0.25) is 14.3 Å². The van der Waals surface area contributed by atoms with Gasteiger partial charge in [-0.05, 0) is 61.1 Å². The largest absolute Gasteiger partial charge is 0.490 e. The molecule has 4 heterocycles. The number of para-hydroxylation sites is 1. The van der Waals surface area contributed by atoms with Crippen LogP contribution in [0.5, 0.6) is 0 Å². The lowest BCUT2D eigenvalue weighted by Crippen LogP contribution is -2.28. The third-order valence-electron chi connectivity index (χ3n) is 6.53. The van der Waals surface area contributed by atoms with Crippen molar-refractivity contribution in [3.8, 4) is 5.95 Å². The van der Waals surface area contributed by atoms with E-state index in [4.69, 9.17) is 9.90 Å². The van der Waals surface area contributed by atoms with Crippen molar-refractivity contribution in [2.24, 2.45) is 5.92 Å². The summed E-state index contributed by atoms with van der Waals surface area (Å²) in [4.78, 5) is 35.3. The first-order chi connectivity index (χ1) is 19.2. The molecular formula is C28H25F3N6O3. The zero-order valence-corrected chi connectivity index (χ0v) is 21.2. The van der Waals surface area contributed by atoms with E-state index < -0.39 is 12.1 Å².